The van der Waals surface area contributed by atoms with E-state index in [-0.39, 0.29) is 18.4 Å². The molecule has 16 heavy (non-hydrogen) atoms. The highest BCUT2D eigenvalue weighted by atomic mass is 16.4. The number of amides is 1. The first-order valence-corrected chi connectivity index (χ1v) is 5.86. The largest absolute Gasteiger partial charge is 0.481 e. The van der Waals surface area contributed by atoms with E-state index in [1.54, 1.807) is 0 Å². The predicted molar refractivity (Wildman–Crippen MR) is 57.9 cm³/mol. The second-order valence-electron chi connectivity index (χ2n) is 4.85. The number of hydrogen-bond donors (Lipinski definition) is 3. The van der Waals surface area contributed by atoms with Crippen molar-refractivity contribution in [3.05, 3.63) is 0 Å². The Kier molecular flexibility index (Phi) is 3.14. The Morgan fingerprint density at radius 2 is 2.19 bits per heavy atom. The molecule has 1 atom stereocenters. The highest BCUT2D eigenvalue weighted by Crippen LogP contribution is 2.45. The minimum Gasteiger partial charge on any atom is -0.481 e. The lowest BCUT2D eigenvalue weighted by Gasteiger charge is -2.22. The summed E-state index contributed by atoms with van der Waals surface area (Å²) in [4.78, 5) is 22.7. The monoisotopic (exact) mass is 226 g/mol. The highest BCUT2D eigenvalue weighted by Gasteiger charge is 2.50. The van der Waals surface area contributed by atoms with Crippen molar-refractivity contribution >= 4 is 11.9 Å². The number of carbonyl (C=O) groups is 2. The molecule has 1 saturated heterocycles. The van der Waals surface area contributed by atoms with E-state index in [4.69, 9.17) is 5.11 Å². The van der Waals surface area contributed by atoms with Crippen molar-refractivity contribution in [3.8, 4) is 0 Å². The van der Waals surface area contributed by atoms with Crippen molar-refractivity contribution in [2.75, 3.05) is 19.6 Å². The molecule has 2 rings (SSSR count). The molecule has 1 heterocycles. The van der Waals surface area contributed by atoms with E-state index in [1.807, 2.05) is 0 Å². The van der Waals surface area contributed by atoms with Gasteiger partial charge in [-0.05, 0) is 32.2 Å². The van der Waals surface area contributed by atoms with Crippen LogP contribution in [-0.2, 0) is 9.59 Å². The van der Waals surface area contributed by atoms with Crippen molar-refractivity contribution < 1.29 is 14.7 Å². The molecule has 0 radical (unpaired) electrons. The molecular formula is C11H18N2O3. The van der Waals surface area contributed by atoms with Crippen molar-refractivity contribution in [3.63, 3.8) is 0 Å². The van der Waals surface area contributed by atoms with Crippen molar-refractivity contribution in [2.45, 2.75) is 25.7 Å². The van der Waals surface area contributed by atoms with Gasteiger partial charge in [-0.25, -0.2) is 0 Å². The van der Waals surface area contributed by atoms with Crippen LogP contribution < -0.4 is 10.6 Å². The van der Waals surface area contributed by atoms with Crippen LogP contribution in [0.15, 0.2) is 0 Å². The molecule has 1 amide bonds. The summed E-state index contributed by atoms with van der Waals surface area (Å²) in [6.45, 7) is 1.98. The first-order valence-electron chi connectivity index (χ1n) is 5.86. The Morgan fingerprint density at radius 3 is 2.69 bits per heavy atom. The van der Waals surface area contributed by atoms with Crippen LogP contribution in [0.1, 0.15) is 25.7 Å². The molecule has 90 valence electrons. The maximum atomic E-state index is 11.8. The van der Waals surface area contributed by atoms with E-state index in [2.05, 4.69) is 10.6 Å². The molecule has 1 saturated carbocycles. The molecule has 5 heteroatoms. The van der Waals surface area contributed by atoms with Gasteiger partial charge in [0.05, 0.1) is 11.3 Å². The number of nitrogens with one attached hydrogen (secondary N) is 2. The highest BCUT2D eigenvalue weighted by molar-refractivity contribution is 5.82. The van der Waals surface area contributed by atoms with Gasteiger partial charge in [-0.15, -0.1) is 0 Å². The molecule has 1 aliphatic heterocycles. The van der Waals surface area contributed by atoms with Gasteiger partial charge in [0, 0.05) is 13.1 Å². The maximum Gasteiger partial charge on any atom is 0.311 e. The quantitative estimate of drug-likeness (QED) is 0.629. The van der Waals surface area contributed by atoms with Crippen molar-refractivity contribution in [1.82, 2.24) is 10.6 Å². The molecule has 1 aliphatic carbocycles. The average molecular weight is 226 g/mol. The molecule has 2 aliphatic rings. The molecule has 2 fully saturated rings. The van der Waals surface area contributed by atoms with Gasteiger partial charge in [-0.2, -0.15) is 0 Å². The van der Waals surface area contributed by atoms with Crippen LogP contribution in [0.3, 0.4) is 0 Å². The Hall–Kier alpha value is -1.10. The fourth-order valence-corrected chi connectivity index (χ4v) is 2.09. The van der Waals surface area contributed by atoms with E-state index in [0.717, 1.165) is 19.4 Å². The third kappa shape index (κ3) is 2.35. The van der Waals surface area contributed by atoms with E-state index in [1.165, 1.54) is 0 Å². The summed E-state index contributed by atoms with van der Waals surface area (Å²) in [7, 11) is 0. The van der Waals surface area contributed by atoms with Crippen molar-refractivity contribution in [1.29, 1.82) is 0 Å². The van der Waals surface area contributed by atoms with Crippen LogP contribution >= 0.6 is 0 Å². The summed E-state index contributed by atoms with van der Waals surface area (Å²) >= 11 is 0. The number of piperidine rings is 1. The standard InChI is InChI=1S/C11H18N2O3/c14-9(8-2-1-5-12-6-8)13-7-11(3-4-11)10(15)16/h8,12H,1-7H2,(H,13,14)(H,15,16)/t8-/m0/s1. The first kappa shape index (κ1) is 11.4. The van der Waals surface area contributed by atoms with Gasteiger partial charge in [-0.3, -0.25) is 9.59 Å². The summed E-state index contributed by atoms with van der Waals surface area (Å²) in [5.74, 6) is -0.771. The fourth-order valence-electron chi connectivity index (χ4n) is 2.09. The minimum atomic E-state index is -0.783. The van der Waals surface area contributed by atoms with Gasteiger partial charge >= 0.3 is 5.97 Å². The summed E-state index contributed by atoms with van der Waals surface area (Å²) in [6.07, 6.45) is 3.29. The number of aliphatic carboxylic acids is 1. The van der Waals surface area contributed by atoms with Crippen LogP contribution in [0.25, 0.3) is 0 Å². The number of hydrogen-bond acceptors (Lipinski definition) is 3. The fraction of sp³-hybridized carbons (Fsp3) is 0.818. The van der Waals surface area contributed by atoms with Gasteiger partial charge in [-0.1, -0.05) is 0 Å². The summed E-state index contributed by atoms with van der Waals surface area (Å²) in [6, 6.07) is 0. The number of carbonyl (C=O) groups excluding carboxylic acids is 1. The van der Waals surface area contributed by atoms with Gasteiger partial charge in [0.15, 0.2) is 0 Å². The van der Waals surface area contributed by atoms with Crippen LogP contribution in [0, 0.1) is 11.3 Å². The van der Waals surface area contributed by atoms with Crippen LogP contribution in [0.2, 0.25) is 0 Å². The predicted octanol–water partition coefficient (Wildman–Crippen LogP) is -0.0330. The zero-order chi connectivity index (χ0) is 11.6. The molecule has 0 aromatic heterocycles. The normalized spacial score (nSPS) is 27.1. The van der Waals surface area contributed by atoms with Crippen LogP contribution in [0.5, 0.6) is 0 Å². The summed E-state index contributed by atoms with van der Waals surface area (Å²) < 4.78 is 0. The molecule has 0 aromatic rings. The van der Waals surface area contributed by atoms with E-state index in [9.17, 15) is 9.59 Å². The maximum absolute atomic E-state index is 11.8. The van der Waals surface area contributed by atoms with Gasteiger partial charge in [0.2, 0.25) is 5.91 Å². The number of carboxylic acid groups (broad SMARTS) is 1. The molecule has 0 aromatic carbocycles. The topological polar surface area (TPSA) is 78.4 Å². The second-order valence-corrected chi connectivity index (χ2v) is 4.85. The molecule has 0 unspecified atom stereocenters. The number of carboxylic acids is 1. The summed E-state index contributed by atoms with van der Waals surface area (Å²) in [5.41, 5.74) is -0.655. The molecule has 0 spiro atoms. The smallest absolute Gasteiger partial charge is 0.311 e. The minimum absolute atomic E-state index is 0.000255. The van der Waals surface area contributed by atoms with Gasteiger partial charge in [0.25, 0.3) is 0 Å². The third-order valence-electron chi connectivity index (χ3n) is 3.58. The Labute approximate surface area is 94.6 Å². The molecule has 3 N–H and O–H groups in total. The van der Waals surface area contributed by atoms with Crippen molar-refractivity contribution in [2.24, 2.45) is 11.3 Å². The van der Waals surface area contributed by atoms with Crippen LogP contribution in [0.4, 0.5) is 0 Å². The average Bonchev–Trinajstić information content (AvgIpc) is 3.08. The number of rotatable bonds is 4. The summed E-state index contributed by atoms with van der Waals surface area (Å²) in [5, 5.41) is 14.9. The Morgan fingerprint density at radius 1 is 1.44 bits per heavy atom. The lowest BCUT2D eigenvalue weighted by atomic mass is 9.98. The molecule has 0 bridgehead atoms. The Bertz CT molecular complexity index is 294. The lowest BCUT2D eigenvalue weighted by Crippen LogP contribution is -2.43. The first-order chi connectivity index (χ1) is 7.64. The van der Waals surface area contributed by atoms with Gasteiger partial charge < -0.3 is 15.7 Å². The second kappa shape index (κ2) is 4.41. The van der Waals surface area contributed by atoms with E-state index >= 15 is 0 Å². The molecule has 5 nitrogen and oxygen atoms in total. The zero-order valence-electron chi connectivity index (χ0n) is 9.29. The third-order valence-corrected chi connectivity index (χ3v) is 3.58. The molecular weight excluding hydrogens is 208 g/mol. The zero-order valence-corrected chi connectivity index (χ0v) is 9.29. The van der Waals surface area contributed by atoms with E-state index in [0.29, 0.717) is 19.4 Å². The SMILES string of the molecule is O=C(NCC1(C(=O)O)CC1)[C@H]1CCCNC1. The van der Waals surface area contributed by atoms with Crippen LogP contribution in [-0.4, -0.2) is 36.6 Å². The van der Waals surface area contributed by atoms with Gasteiger partial charge in [0.1, 0.15) is 0 Å². The van der Waals surface area contributed by atoms with E-state index < -0.39 is 11.4 Å². The lowest BCUT2D eigenvalue weighted by molar-refractivity contribution is -0.143. The Balaban J connectivity index is 1.77.